The summed E-state index contributed by atoms with van der Waals surface area (Å²) >= 11 is 0. The first-order valence-electron chi connectivity index (χ1n) is 8.70. The summed E-state index contributed by atoms with van der Waals surface area (Å²) in [7, 11) is 0. The second kappa shape index (κ2) is 7.56. The number of anilines is 1. The van der Waals surface area contributed by atoms with Crippen molar-refractivity contribution in [1.29, 1.82) is 0 Å². The van der Waals surface area contributed by atoms with E-state index in [1.54, 1.807) is 33.9 Å². The predicted molar refractivity (Wildman–Crippen MR) is 99.4 cm³/mol. The fourth-order valence-corrected chi connectivity index (χ4v) is 2.65. The Morgan fingerprint density at radius 2 is 1.85 bits per heavy atom. The fraction of sp³-hybridized carbons (Fsp3) is 0.389. The number of nitrogens with one attached hydrogen (secondary N) is 1. The van der Waals surface area contributed by atoms with Crippen LogP contribution in [0.2, 0.25) is 0 Å². The van der Waals surface area contributed by atoms with Crippen molar-refractivity contribution >= 4 is 28.7 Å². The van der Waals surface area contributed by atoms with Gasteiger partial charge >= 0.3 is 5.97 Å². The number of hydrogen-bond acceptors (Lipinski definition) is 6. The summed E-state index contributed by atoms with van der Waals surface area (Å²) in [5.41, 5.74) is 0.965. The van der Waals surface area contributed by atoms with E-state index < -0.39 is 18.5 Å². The standard InChI is InChI=1S/C18H22N6O3/c1-11(2)23-15(5-6-20-23)22-16(25)10-27-18(26)14-7-13-9-21-24(12(3)4)17(13)19-8-14/h5-9,11-12H,10H2,1-4H3,(H,22,25). The molecule has 0 aliphatic carbocycles. The van der Waals surface area contributed by atoms with Crippen molar-refractivity contribution in [3.63, 3.8) is 0 Å². The molecule has 0 aliphatic rings. The monoisotopic (exact) mass is 370 g/mol. The quantitative estimate of drug-likeness (QED) is 0.669. The van der Waals surface area contributed by atoms with Gasteiger partial charge in [0, 0.05) is 29.7 Å². The van der Waals surface area contributed by atoms with Crippen molar-refractivity contribution in [1.82, 2.24) is 24.5 Å². The van der Waals surface area contributed by atoms with Crippen LogP contribution in [0.5, 0.6) is 0 Å². The highest BCUT2D eigenvalue weighted by Crippen LogP contribution is 2.17. The van der Waals surface area contributed by atoms with E-state index in [1.807, 2.05) is 27.7 Å². The maximum atomic E-state index is 12.2. The minimum absolute atomic E-state index is 0.0995. The average molecular weight is 370 g/mol. The van der Waals surface area contributed by atoms with Crippen LogP contribution in [-0.2, 0) is 9.53 Å². The van der Waals surface area contributed by atoms with Gasteiger partial charge in [0.2, 0.25) is 0 Å². The van der Waals surface area contributed by atoms with Crippen LogP contribution >= 0.6 is 0 Å². The lowest BCUT2D eigenvalue weighted by Crippen LogP contribution is -2.23. The highest BCUT2D eigenvalue weighted by Gasteiger charge is 2.15. The van der Waals surface area contributed by atoms with Crippen molar-refractivity contribution in [2.24, 2.45) is 0 Å². The minimum atomic E-state index is -0.616. The first kappa shape index (κ1) is 18.6. The first-order valence-corrected chi connectivity index (χ1v) is 8.70. The summed E-state index contributed by atoms with van der Waals surface area (Å²) in [6.45, 7) is 7.51. The van der Waals surface area contributed by atoms with Gasteiger partial charge in [-0.25, -0.2) is 19.1 Å². The molecule has 9 heteroatoms. The number of esters is 1. The van der Waals surface area contributed by atoms with Crippen molar-refractivity contribution in [3.8, 4) is 0 Å². The lowest BCUT2D eigenvalue weighted by atomic mass is 10.2. The van der Waals surface area contributed by atoms with E-state index in [-0.39, 0.29) is 17.6 Å². The van der Waals surface area contributed by atoms with Gasteiger partial charge in [-0.1, -0.05) is 0 Å². The number of rotatable bonds is 6. The second-order valence-corrected chi connectivity index (χ2v) is 6.70. The molecule has 1 N–H and O–H groups in total. The molecule has 3 rings (SSSR count). The molecule has 0 saturated carbocycles. The van der Waals surface area contributed by atoms with E-state index >= 15 is 0 Å². The summed E-state index contributed by atoms with van der Waals surface area (Å²) in [5.74, 6) is -0.503. The van der Waals surface area contributed by atoms with Gasteiger partial charge in [-0.15, -0.1) is 0 Å². The van der Waals surface area contributed by atoms with Gasteiger partial charge in [0.1, 0.15) is 5.82 Å². The van der Waals surface area contributed by atoms with Gasteiger partial charge in [-0.2, -0.15) is 10.2 Å². The van der Waals surface area contributed by atoms with Crippen molar-refractivity contribution < 1.29 is 14.3 Å². The van der Waals surface area contributed by atoms with Crippen LogP contribution < -0.4 is 5.32 Å². The van der Waals surface area contributed by atoms with E-state index in [2.05, 4.69) is 20.5 Å². The largest absolute Gasteiger partial charge is 0.452 e. The predicted octanol–water partition coefficient (Wildman–Crippen LogP) is 2.59. The maximum absolute atomic E-state index is 12.2. The Morgan fingerprint density at radius 3 is 2.56 bits per heavy atom. The normalized spacial score (nSPS) is 11.3. The Labute approximate surface area is 156 Å². The van der Waals surface area contributed by atoms with Gasteiger partial charge in [0.05, 0.1) is 18.0 Å². The number of amides is 1. The third-order valence-electron chi connectivity index (χ3n) is 3.92. The SMILES string of the molecule is CC(C)n1nccc1NC(=O)COC(=O)c1cnc2c(cnn2C(C)C)c1. The molecule has 3 aromatic heterocycles. The molecule has 3 aromatic rings. The molecule has 9 nitrogen and oxygen atoms in total. The second-order valence-electron chi connectivity index (χ2n) is 6.70. The molecule has 142 valence electrons. The topological polar surface area (TPSA) is 104 Å². The zero-order chi connectivity index (χ0) is 19.6. The maximum Gasteiger partial charge on any atom is 0.340 e. The zero-order valence-electron chi connectivity index (χ0n) is 15.7. The molecule has 0 saturated heterocycles. The number of fused-ring (bicyclic) bond motifs is 1. The summed E-state index contributed by atoms with van der Waals surface area (Å²) < 4.78 is 8.54. The fourth-order valence-electron chi connectivity index (χ4n) is 2.65. The van der Waals surface area contributed by atoms with E-state index in [0.29, 0.717) is 11.5 Å². The molecular formula is C18H22N6O3. The van der Waals surface area contributed by atoms with Gasteiger partial charge in [0.25, 0.3) is 5.91 Å². The van der Waals surface area contributed by atoms with Gasteiger partial charge in [0.15, 0.2) is 12.3 Å². The molecular weight excluding hydrogens is 348 g/mol. The number of ether oxygens (including phenoxy) is 1. The van der Waals surface area contributed by atoms with Crippen LogP contribution in [0.4, 0.5) is 5.82 Å². The lowest BCUT2D eigenvalue weighted by molar-refractivity contribution is -0.119. The Kier molecular flexibility index (Phi) is 5.20. The first-order chi connectivity index (χ1) is 12.9. The third-order valence-corrected chi connectivity index (χ3v) is 3.92. The third kappa shape index (κ3) is 3.97. The van der Waals surface area contributed by atoms with E-state index in [9.17, 15) is 9.59 Å². The average Bonchev–Trinajstić information content (AvgIpc) is 3.25. The van der Waals surface area contributed by atoms with Crippen molar-refractivity contribution in [2.45, 2.75) is 39.8 Å². The summed E-state index contributed by atoms with van der Waals surface area (Å²) in [6.07, 6.45) is 4.68. The Bertz CT molecular complexity index is 973. The van der Waals surface area contributed by atoms with Crippen molar-refractivity contribution in [3.05, 3.63) is 36.3 Å². The molecule has 3 heterocycles. The number of nitrogens with zero attached hydrogens (tertiary/aromatic N) is 5. The number of pyridine rings is 1. The number of carbonyl (C=O) groups excluding carboxylic acids is 2. The zero-order valence-corrected chi connectivity index (χ0v) is 15.7. The van der Waals surface area contributed by atoms with Crippen LogP contribution in [0.3, 0.4) is 0 Å². The van der Waals surface area contributed by atoms with Crippen LogP contribution in [0, 0.1) is 0 Å². The van der Waals surface area contributed by atoms with Crippen LogP contribution in [0.1, 0.15) is 50.1 Å². The highest BCUT2D eigenvalue weighted by atomic mass is 16.5. The van der Waals surface area contributed by atoms with Crippen LogP contribution in [-0.4, -0.2) is 43.0 Å². The Hall–Kier alpha value is -3.23. The van der Waals surface area contributed by atoms with E-state index in [1.165, 1.54) is 6.20 Å². The minimum Gasteiger partial charge on any atom is -0.452 e. The number of carbonyl (C=O) groups is 2. The van der Waals surface area contributed by atoms with E-state index in [0.717, 1.165) is 5.39 Å². The number of hydrogen-bond donors (Lipinski definition) is 1. The molecule has 0 aromatic carbocycles. The Balaban J connectivity index is 1.62. The molecule has 0 unspecified atom stereocenters. The molecule has 27 heavy (non-hydrogen) atoms. The number of aromatic nitrogens is 5. The summed E-state index contributed by atoms with van der Waals surface area (Å²) in [4.78, 5) is 28.6. The lowest BCUT2D eigenvalue weighted by Gasteiger charge is -2.12. The summed E-state index contributed by atoms with van der Waals surface area (Å²) in [6, 6.07) is 3.60. The molecule has 1 amide bonds. The van der Waals surface area contributed by atoms with Gasteiger partial charge < -0.3 is 10.1 Å². The molecule has 0 aliphatic heterocycles. The summed E-state index contributed by atoms with van der Waals surface area (Å²) in [5, 5.41) is 11.8. The Morgan fingerprint density at radius 1 is 1.11 bits per heavy atom. The molecule has 0 fully saturated rings. The van der Waals surface area contributed by atoms with Crippen LogP contribution in [0.25, 0.3) is 11.0 Å². The van der Waals surface area contributed by atoms with Crippen LogP contribution in [0.15, 0.2) is 30.7 Å². The van der Waals surface area contributed by atoms with E-state index in [4.69, 9.17) is 4.74 Å². The molecule has 0 spiro atoms. The smallest absolute Gasteiger partial charge is 0.340 e. The highest BCUT2D eigenvalue weighted by molar-refractivity contribution is 5.96. The van der Waals surface area contributed by atoms with Crippen molar-refractivity contribution in [2.75, 3.05) is 11.9 Å². The van der Waals surface area contributed by atoms with Gasteiger partial charge in [-0.05, 0) is 33.8 Å². The molecule has 0 radical (unpaired) electrons. The molecule has 0 bridgehead atoms. The molecule has 0 atom stereocenters. The van der Waals surface area contributed by atoms with Gasteiger partial charge in [-0.3, -0.25) is 4.79 Å².